The molecule has 0 saturated heterocycles. The van der Waals surface area contributed by atoms with E-state index in [0.717, 1.165) is 56.1 Å². The molecule has 0 bridgehead atoms. The predicted molar refractivity (Wildman–Crippen MR) is 180 cm³/mol. The van der Waals surface area contributed by atoms with Crippen LogP contribution in [0.5, 0.6) is 23.0 Å². The zero-order valence-corrected chi connectivity index (χ0v) is 23.7. The fourth-order valence-corrected chi connectivity index (χ4v) is 6.48. The molecule has 0 atom stereocenters. The van der Waals surface area contributed by atoms with Gasteiger partial charge in [0.05, 0.1) is 22.1 Å². The van der Waals surface area contributed by atoms with Crippen molar-refractivity contribution in [2.45, 2.75) is 0 Å². The van der Waals surface area contributed by atoms with Crippen LogP contribution in [0.4, 0.5) is 17.1 Å². The number of ether oxygens (including phenoxy) is 2. The first-order chi connectivity index (χ1) is 21.8. The van der Waals surface area contributed by atoms with E-state index >= 15 is 0 Å². The molecule has 0 fully saturated rings. The average molecular weight is 567 g/mol. The van der Waals surface area contributed by atoms with Gasteiger partial charge in [0.2, 0.25) is 0 Å². The van der Waals surface area contributed by atoms with E-state index in [4.69, 9.17) is 9.47 Å². The fraction of sp³-hybridized carbons (Fsp3) is 0. The van der Waals surface area contributed by atoms with E-state index in [0.29, 0.717) is 11.5 Å². The SMILES string of the molecule is c1ccc(N(c2ccc3c(c2)c2c4c(ccc2n3-c2ccccc2)Oc2ccccc2O4)c2cccc3ccccc23)cc1. The quantitative estimate of drug-likeness (QED) is 0.212. The van der Waals surface area contributed by atoms with Crippen LogP contribution < -0.4 is 14.4 Å². The van der Waals surface area contributed by atoms with Crippen molar-refractivity contribution in [2.75, 3.05) is 4.90 Å². The van der Waals surface area contributed by atoms with E-state index < -0.39 is 0 Å². The van der Waals surface area contributed by atoms with E-state index in [1.54, 1.807) is 0 Å². The molecule has 4 nitrogen and oxygen atoms in total. The molecule has 1 aromatic heterocycles. The summed E-state index contributed by atoms with van der Waals surface area (Å²) in [5, 5.41) is 4.49. The van der Waals surface area contributed by atoms with Gasteiger partial charge in [-0.05, 0) is 78.2 Å². The largest absolute Gasteiger partial charge is 0.449 e. The highest BCUT2D eigenvalue weighted by atomic mass is 16.6. The van der Waals surface area contributed by atoms with Gasteiger partial charge in [0, 0.05) is 27.8 Å². The summed E-state index contributed by atoms with van der Waals surface area (Å²) in [4.78, 5) is 2.34. The zero-order chi connectivity index (χ0) is 29.0. The van der Waals surface area contributed by atoms with Crippen LogP contribution in [-0.4, -0.2) is 4.57 Å². The van der Waals surface area contributed by atoms with Gasteiger partial charge in [-0.1, -0.05) is 84.9 Å². The first kappa shape index (κ1) is 24.6. The lowest BCUT2D eigenvalue weighted by Crippen LogP contribution is -2.10. The number of anilines is 3. The van der Waals surface area contributed by atoms with Gasteiger partial charge < -0.3 is 18.9 Å². The monoisotopic (exact) mass is 566 g/mol. The maximum Gasteiger partial charge on any atom is 0.180 e. The molecule has 44 heavy (non-hydrogen) atoms. The minimum Gasteiger partial charge on any atom is -0.449 e. The first-order valence-electron chi connectivity index (χ1n) is 14.8. The zero-order valence-electron chi connectivity index (χ0n) is 23.7. The predicted octanol–water partition coefficient (Wildman–Crippen LogP) is 11.3. The van der Waals surface area contributed by atoms with Crippen LogP contribution in [0.25, 0.3) is 38.3 Å². The van der Waals surface area contributed by atoms with Gasteiger partial charge in [-0.3, -0.25) is 0 Å². The molecular weight excluding hydrogens is 540 g/mol. The van der Waals surface area contributed by atoms with E-state index in [2.05, 4.69) is 131 Å². The van der Waals surface area contributed by atoms with Crippen molar-refractivity contribution in [2.24, 2.45) is 0 Å². The Labute approximate surface area is 254 Å². The van der Waals surface area contributed by atoms with Gasteiger partial charge in [0.1, 0.15) is 0 Å². The highest BCUT2D eigenvalue weighted by Gasteiger charge is 2.26. The highest BCUT2D eigenvalue weighted by Crippen LogP contribution is 2.52. The number of para-hydroxylation sites is 4. The summed E-state index contributed by atoms with van der Waals surface area (Å²) < 4.78 is 15.3. The maximum absolute atomic E-state index is 6.62. The molecule has 0 spiro atoms. The Balaban J connectivity index is 1.35. The lowest BCUT2D eigenvalue weighted by Gasteiger charge is -2.27. The topological polar surface area (TPSA) is 26.6 Å². The molecule has 0 amide bonds. The van der Waals surface area contributed by atoms with E-state index in [-0.39, 0.29) is 0 Å². The van der Waals surface area contributed by atoms with Gasteiger partial charge in [-0.15, -0.1) is 0 Å². The number of rotatable bonds is 4. The third-order valence-electron chi connectivity index (χ3n) is 8.41. The van der Waals surface area contributed by atoms with Crippen LogP contribution in [0.1, 0.15) is 0 Å². The minimum absolute atomic E-state index is 0.711. The Morgan fingerprint density at radius 1 is 0.455 bits per heavy atom. The molecule has 0 aliphatic carbocycles. The molecule has 9 rings (SSSR count). The lowest BCUT2D eigenvalue weighted by molar-refractivity contribution is 0.363. The second kappa shape index (κ2) is 9.79. The summed E-state index contributed by atoms with van der Waals surface area (Å²) in [6.45, 7) is 0. The summed E-state index contributed by atoms with van der Waals surface area (Å²) in [5.74, 6) is 2.88. The van der Waals surface area contributed by atoms with Gasteiger partial charge >= 0.3 is 0 Å². The maximum atomic E-state index is 6.62. The van der Waals surface area contributed by atoms with E-state index in [1.165, 1.54) is 10.8 Å². The van der Waals surface area contributed by atoms with Gasteiger partial charge in [0.15, 0.2) is 23.0 Å². The van der Waals surface area contributed by atoms with Crippen molar-refractivity contribution >= 4 is 49.6 Å². The van der Waals surface area contributed by atoms with E-state index in [1.807, 2.05) is 36.4 Å². The van der Waals surface area contributed by atoms with Crippen LogP contribution in [0, 0.1) is 0 Å². The highest BCUT2D eigenvalue weighted by molar-refractivity contribution is 6.15. The molecular formula is C40H26N2O2. The number of nitrogens with zero attached hydrogens (tertiary/aromatic N) is 2. The standard InChI is InChI=1S/C40H26N2O2/c1-3-14-28(15-4-1)41(33-19-11-13-27-12-7-8-18-31(27)33)30-22-23-34-32(26-30)39-35(42(34)29-16-5-2-6-17-29)24-25-38-40(39)44-37-21-10-9-20-36(37)43-38/h1-26H. The molecule has 0 unspecified atom stereocenters. The molecule has 208 valence electrons. The van der Waals surface area contributed by atoms with Gasteiger partial charge in [-0.2, -0.15) is 0 Å². The van der Waals surface area contributed by atoms with Crippen LogP contribution in [-0.2, 0) is 0 Å². The molecule has 7 aromatic carbocycles. The van der Waals surface area contributed by atoms with Crippen molar-refractivity contribution in [3.05, 3.63) is 158 Å². The summed E-state index contributed by atoms with van der Waals surface area (Å²) in [7, 11) is 0. The lowest BCUT2D eigenvalue weighted by atomic mass is 10.1. The summed E-state index contributed by atoms with van der Waals surface area (Å²) >= 11 is 0. The molecule has 0 N–H and O–H groups in total. The number of benzene rings is 7. The Morgan fingerprint density at radius 2 is 1.14 bits per heavy atom. The third-order valence-corrected chi connectivity index (χ3v) is 8.41. The van der Waals surface area contributed by atoms with Crippen molar-refractivity contribution in [3.63, 3.8) is 0 Å². The molecule has 8 aromatic rings. The van der Waals surface area contributed by atoms with Crippen LogP contribution in [0.15, 0.2) is 158 Å². The molecule has 0 radical (unpaired) electrons. The smallest absolute Gasteiger partial charge is 0.180 e. The summed E-state index contributed by atoms with van der Waals surface area (Å²) in [6.07, 6.45) is 0. The second-order valence-electron chi connectivity index (χ2n) is 11.0. The van der Waals surface area contributed by atoms with Crippen molar-refractivity contribution < 1.29 is 9.47 Å². The fourth-order valence-electron chi connectivity index (χ4n) is 6.48. The molecule has 1 aliphatic rings. The average Bonchev–Trinajstić information content (AvgIpc) is 3.43. The van der Waals surface area contributed by atoms with Gasteiger partial charge in [0.25, 0.3) is 0 Å². The van der Waals surface area contributed by atoms with Gasteiger partial charge in [-0.25, -0.2) is 0 Å². The molecule has 1 aliphatic heterocycles. The Kier molecular flexibility index (Phi) is 5.47. The first-order valence-corrected chi connectivity index (χ1v) is 14.8. The second-order valence-corrected chi connectivity index (χ2v) is 11.0. The van der Waals surface area contributed by atoms with Crippen molar-refractivity contribution in [1.82, 2.24) is 4.57 Å². The van der Waals surface area contributed by atoms with Crippen LogP contribution in [0.3, 0.4) is 0 Å². The van der Waals surface area contributed by atoms with E-state index in [9.17, 15) is 0 Å². The molecule has 0 saturated carbocycles. The van der Waals surface area contributed by atoms with Crippen LogP contribution in [0.2, 0.25) is 0 Å². The Bertz CT molecular complexity index is 2340. The summed E-state index contributed by atoms with van der Waals surface area (Å²) in [5.41, 5.74) is 6.51. The Morgan fingerprint density at radius 3 is 1.98 bits per heavy atom. The third kappa shape index (κ3) is 3.78. The van der Waals surface area contributed by atoms with Crippen molar-refractivity contribution in [1.29, 1.82) is 0 Å². The number of aromatic nitrogens is 1. The minimum atomic E-state index is 0.711. The molecule has 4 heteroatoms. The number of fused-ring (bicyclic) bond motifs is 7. The Hall–Kier alpha value is -6.00. The van der Waals surface area contributed by atoms with Crippen LogP contribution >= 0.6 is 0 Å². The number of hydrogen-bond acceptors (Lipinski definition) is 3. The summed E-state index contributed by atoms with van der Waals surface area (Å²) in [6, 6.07) is 54.8. The number of hydrogen-bond donors (Lipinski definition) is 0. The van der Waals surface area contributed by atoms with Crippen molar-refractivity contribution in [3.8, 4) is 28.7 Å². The molecule has 2 heterocycles. The normalized spacial score (nSPS) is 12.0.